The van der Waals surface area contributed by atoms with Gasteiger partial charge >= 0.3 is 0 Å². The first-order valence-electron chi connectivity index (χ1n) is 30.4. The standard InChI is InChI=1S/C64H81N15O10/c1-3-4-19-48(72-37(2)80)57(83)76-52-34-55(81)68-27-12-11-22-47(56(65)82)73-60(86)51(32-41-35-70-45-20-9-7-17-43(41)45)75-58(84)49(23-13-28-69-64(66)67)74-59(85)50(31-38-25-26-39-15-5-6-16-40(39)30-38)77-62(88)54-24-14-29-79(54)63(89)53(78-61(52)87)33-42-36-71-46-21-10-8-18-44(42)46/h5-10,15-18,20-21,25-26,30,35-36,47-54,70-71H,3-4,11-14,19,22-24,27-29,31-34H2,1-2H3,(H2,65,82)(H,68,81)(H,72,80)(H,73,86)(H,74,85)(H,75,84)(H,76,83)(H,77,88)(H,78,87)(H4,66,67,69)/t47-,48-,49-,50+,51-,52-,53-,54-/m0/s1. The number of aliphatic imine (C=N–C) groups is 1. The number of amides is 10. The van der Waals surface area contributed by atoms with E-state index in [0.29, 0.717) is 36.0 Å². The van der Waals surface area contributed by atoms with Crippen LogP contribution in [0.4, 0.5) is 0 Å². The summed E-state index contributed by atoms with van der Waals surface area (Å²) in [7, 11) is 0. The molecule has 2 saturated heterocycles. The van der Waals surface area contributed by atoms with E-state index < -0.39 is 114 Å². The molecule has 0 unspecified atom stereocenters. The van der Waals surface area contributed by atoms with E-state index in [9.17, 15) is 33.6 Å². The molecule has 0 aliphatic carbocycles. The number of para-hydroxylation sites is 2. The lowest BCUT2D eigenvalue weighted by atomic mass is 9.99. The number of nitrogens with one attached hydrogen (secondary N) is 10. The molecule has 4 heterocycles. The minimum absolute atomic E-state index is 0.00555. The van der Waals surface area contributed by atoms with E-state index in [2.05, 4.69) is 57.5 Å². The number of hydrogen-bond acceptors (Lipinski definition) is 11. The Morgan fingerprint density at radius 1 is 0.652 bits per heavy atom. The lowest BCUT2D eigenvalue weighted by Gasteiger charge is -2.31. The van der Waals surface area contributed by atoms with Crippen LogP contribution in [-0.2, 0) is 67.2 Å². The van der Waals surface area contributed by atoms with Crippen LogP contribution in [0.3, 0.4) is 0 Å². The Bertz CT molecular complexity index is 3580. The number of rotatable bonds is 17. The quantitative estimate of drug-likeness (QED) is 0.0352. The third-order valence-electron chi connectivity index (χ3n) is 16.2. The number of benzene rings is 4. The van der Waals surface area contributed by atoms with Crippen LogP contribution in [0.25, 0.3) is 32.6 Å². The smallest absolute Gasteiger partial charge is 0.246 e. The molecule has 0 saturated carbocycles. The lowest BCUT2D eigenvalue weighted by Crippen LogP contribution is -2.61. The second-order valence-electron chi connectivity index (χ2n) is 22.9. The van der Waals surface area contributed by atoms with Crippen LogP contribution in [0.1, 0.15) is 101 Å². The van der Waals surface area contributed by atoms with Crippen molar-refractivity contribution < 1.29 is 47.9 Å². The van der Waals surface area contributed by atoms with Crippen LogP contribution in [0.2, 0.25) is 0 Å². The Kier molecular flexibility index (Phi) is 22.8. The minimum atomic E-state index is -1.59. The number of H-pyrrole nitrogens is 2. The van der Waals surface area contributed by atoms with Gasteiger partial charge in [-0.2, -0.15) is 0 Å². The van der Waals surface area contributed by atoms with Gasteiger partial charge in [-0.25, -0.2) is 0 Å². The largest absolute Gasteiger partial charge is 0.370 e. The fourth-order valence-corrected chi connectivity index (χ4v) is 11.5. The van der Waals surface area contributed by atoms with Crippen LogP contribution < -0.4 is 59.7 Å². The molecule has 16 N–H and O–H groups in total. The van der Waals surface area contributed by atoms with E-state index in [1.165, 1.54) is 11.8 Å². The average molecular weight is 1220 g/mol. The lowest BCUT2D eigenvalue weighted by molar-refractivity contribution is -0.142. The fourth-order valence-electron chi connectivity index (χ4n) is 11.5. The van der Waals surface area contributed by atoms with Crippen LogP contribution in [0.15, 0.2) is 108 Å². The van der Waals surface area contributed by atoms with Gasteiger partial charge in [-0.05, 0) is 91.0 Å². The number of nitrogens with two attached hydrogens (primary N) is 3. The van der Waals surface area contributed by atoms with Gasteiger partial charge in [0.15, 0.2) is 5.96 Å². The molecule has 6 aromatic rings. The Morgan fingerprint density at radius 2 is 1.26 bits per heavy atom. The Morgan fingerprint density at radius 3 is 1.93 bits per heavy atom. The van der Waals surface area contributed by atoms with E-state index in [-0.39, 0.29) is 89.8 Å². The zero-order valence-corrected chi connectivity index (χ0v) is 50.2. The zero-order valence-electron chi connectivity index (χ0n) is 50.2. The van der Waals surface area contributed by atoms with Gasteiger partial charge in [-0.15, -0.1) is 0 Å². The minimum Gasteiger partial charge on any atom is -0.370 e. The van der Waals surface area contributed by atoms with Crippen LogP contribution in [0.5, 0.6) is 0 Å². The molecule has 0 radical (unpaired) electrons. The number of nitrogens with zero attached hydrogens (tertiary/aromatic N) is 2. The van der Waals surface area contributed by atoms with Gasteiger partial charge in [0, 0.05) is 80.0 Å². The third-order valence-corrected chi connectivity index (χ3v) is 16.2. The van der Waals surface area contributed by atoms with E-state index in [1.54, 1.807) is 12.4 Å². The summed E-state index contributed by atoms with van der Waals surface area (Å²) in [5, 5.41) is 25.5. The number of hydrogen-bond donors (Lipinski definition) is 13. The molecule has 2 aliphatic heterocycles. The van der Waals surface area contributed by atoms with Gasteiger partial charge in [0.05, 0.1) is 6.42 Å². The van der Waals surface area contributed by atoms with Crippen molar-refractivity contribution in [3.8, 4) is 0 Å². The van der Waals surface area contributed by atoms with Crippen LogP contribution >= 0.6 is 0 Å². The van der Waals surface area contributed by atoms with Crippen molar-refractivity contribution in [1.29, 1.82) is 0 Å². The van der Waals surface area contributed by atoms with Gasteiger partial charge in [-0.3, -0.25) is 52.9 Å². The predicted octanol–water partition coefficient (Wildman–Crippen LogP) is 1.65. The molecule has 0 bridgehead atoms. The Balaban J connectivity index is 1.17. The van der Waals surface area contributed by atoms with E-state index in [1.807, 2.05) is 97.9 Å². The molecule has 8 atom stereocenters. The predicted molar refractivity (Wildman–Crippen MR) is 336 cm³/mol. The maximum atomic E-state index is 15.4. The monoisotopic (exact) mass is 1220 g/mol. The number of unbranched alkanes of at least 4 members (excludes halogenated alkanes) is 1. The summed E-state index contributed by atoms with van der Waals surface area (Å²) in [6, 6.07) is 17.3. The van der Waals surface area contributed by atoms with Gasteiger partial charge in [0.25, 0.3) is 0 Å². The van der Waals surface area contributed by atoms with Crippen LogP contribution in [0, 0.1) is 0 Å². The first kappa shape index (κ1) is 65.2. The van der Waals surface area contributed by atoms with Gasteiger partial charge in [0.1, 0.15) is 48.3 Å². The summed E-state index contributed by atoms with van der Waals surface area (Å²) in [5.41, 5.74) is 20.7. The molecule has 8 rings (SSSR count). The number of guanidine groups is 1. The second kappa shape index (κ2) is 31.2. The highest BCUT2D eigenvalue weighted by atomic mass is 16.2. The molecule has 25 heteroatoms. The molecule has 25 nitrogen and oxygen atoms in total. The van der Waals surface area contributed by atoms with Crippen molar-refractivity contribution in [3.05, 3.63) is 120 Å². The van der Waals surface area contributed by atoms with Crippen molar-refractivity contribution in [2.45, 2.75) is 152 Å². The number of carbonyl (C=O) groups excluding carboxylic acids is 10. The summed E-state index contributed by atoms with van der Waals surface area (Å²) < 4.78 is 0. The van der Waals surface area contributed by atoms with Gasteiger partial charge in [-0.1, -0.05) is 98.6 Å². The molecule has 0 spiro atoms. The molecular weight excluding hydrogens is 1140 g/mol. The summed E-state index contributed by atoms with van der Waals surface area (Å²) in [5.74, 6) is -7.58. The molecular formula is C64H81N15O10. The second-order valence-corrected chi connectivity index (χ2v) is 22.9. The van der Waals surface area contributed by atoms with E-state index in [4.69, 9.17) is 17.2 Å². The van der Waals surface area contributed by atoms with Crippen molar-refractivity contribution in [1.82, 2.24) is 57.4 Å². The number of primary amides is 1. The van der Waals surface area contributed by atoms with Crippen molar-refractivity contribution in [2.75, 3.05) is 19.6 Å². The summed E-state index contributed by atoms with van der Waals surface area (Å²) in [4.78, 5) is 155. The van der Waals surface area contributed by atoms with Crippen molar-refractivity contribution in [3.63, 3.8) is 0 Å². The molecule has 10 amide bonds. The number of aromatic nitrogens is 2. The molecule has 2 aliphatic rings. The topological polar surface area (TPSA) is 392 Å². The van der Waals surface area contributed by atoms with E-state index in [0.717, 1.165) is 32.6 Å². The normalized spacial score (nSPS) is 21.8. The number of carbonyl (C=O) groups is 10. The maximum absolute atomic E-state index is 15.4. The summed E-state index contributed by atoms with van der Waals surface area (Å²) in [6.45, 7) is 3.32. The molecule has 2 aromatic heterocycles. The molecule has 2 fully saturated rings. The van der Waals surface area contributed by atoms with Crippen molar-refractivity contribution in [2.24, 2.45) is 22.2 Å². The highest BCUT2D eigenvalue weighted by molar-refractivity contribution is 6.00. The SMILES string of the molecule is CCCC[C@H](NC(C)=O)C(=O)N[C@H]1CC(=O)NCCCC[C@@H](C(N)=O)NC(=O)[C@H](Cc2c[nH]c3ccccc23)NC(=O)[C@H](CCCN=C(N)N)NC(=O)[C@@H](Cc2ccc3ccccc3c2)NC(=O)[C@@H]2CCCN2C(=O)[C@H](Cc2c[nH]c3ccccc23)NC1=O. The summed E-state index contributed by atoms with van der Waals surface area (Å²) in [6.07, 6.45) is 5.09. The fraction of sp³-hybridized carbons (Fsp3) is 0.422. The zero-order chi connectivity index (χ0) is 63.6. The Hall–Kier alpha value is -9.81. The third kappa shape index (κ3) is 17.9. The van der Waals surface area contributed by atoms with Crippen LogP contribution in [-0.4, -0.2) is 148 Å². The number of fused-ring (bicyclic) bond motifs is 4. The van der Waals surface area contributed by atoms with Crippen molar-refractivity contribution >= 4 is 97.6 Å². The van der Waals surface area contributed by atoms with E-state index >= 15 is 14.4 Å². The van der Waals surface area contributed by atoms with Gasteiger partial charge in [0.2, 0.25) is 59.1 Å². The average Bonchev–Trinajstić information content (AvgIpc) is 2.26. The Labute approximate surface area is 515 Å². The molecule has 472 valence electrons. The first-order chi connectivity index (χ1) is 42.8. The first-order valence-corrected chi connectivity index (χ1v) is 30.4. The molecule has 4 aromatic carbocycles. The molecule has 89 heavy (non-hydrogen) atoms. The highest BCUT2D eigenvalue weighted by Gasteiger charge is 2.41. The number of aromatic amines is 2. The maximum Gasteiger partial charge on any atom is 0.246 e. The summed E-state index contributed by atoms with van der Waals surface area (Å²) >= 11 is 0. The van der Waals surface area contributed by atoms with Gasteiger partial charge < -0.3 is 74.6 Å². The highest BCUT2D eigenvalue weighted by Crippen LogP contribution is 2.25.